The van der Waals surface area contributed by atoms with E-state index >= 15 is 0 Å². The lowest BCUT2D eigenvalue weighted by atomic mass is 10.2. The molecule has 3 heteroatoms. The summed E-state index contributed by atoms with van der Waals surface area (Å²) < 4.78 is 5.06. The van der Waals surface area contributed by atoms with Crippen molar-refractivity contribution in [3.8, 4) is 5.75 Å². The van der Waals surface area contributed by atoms with Crippen LogP contribution in [0, 0.1) is 0 Å². The Morgan fingerprint density at radius 3 is 2.93 bits per heavy atom. The van der Waals surface area contributed by atoms with Crippen molar-refractivity contribution >= 4 is 5.91 Å². The molecule has 74 valence electrons. The maximum Gasteiger partial charge on any atom is 0.255 e. The van der Waals surface area contributed by atoms with Gasteiger partial charge in [0.2, 0.25) is 0 Å². The molecular formula is C11H13NO2. The van der Waals surface area contributed by atoms with Crippen LogP contribution in [-0.4, -0.2) is 19.6 Å². The molecule has 0 saturated carbocycles. The van der Waals surface area contributed by atoms with Crippen LogP contribution in [0.15, 0.2) is 36.9 Å². The highest BCUT2D eigenvalue weighted by Crippen LogP contribution is 2.16. The summed E-state index contributed by atoms with van der Waals surface area (Å²) >= 11 is 0. The number of rotatable bonds is 4. The molecule has 1 amide bonds. The summed E-state index contributed by atoms with van der Waals surface area (Å²) in [5.41, 5.74) is 0.539. The summed E-state index contributed by atoms with van der Waals surface area (Å²) in [5.74, 6) is 0.427. The van der Waals surface area contributed by atoms with Crippen LogP contribution in [0.5, 0.6) is 5.75 Å². The number of carbonyl (C=O) groups is 1. The summed E-state index contributed by atoms with van der Waals surface area (Å²) in [5, 5.41) is 2.69. The fourth-order valence-corrected chi connectivity index (χ4v) is 1.09. The Bertz CT molecular complexity index is 334. The molecule has 0 fully saturated rings. The summed E-state index contributed by atoms with van der Waals surface area (Å²) in [6.07, 6.45) is 1.63. The average molecular weight is 191 g/mol. The minimum atomic E-state index is -0.151. The Kier molecular flexibility index (Phi) is 3.73. The number of ether oxygens (including phenoxy) is 1. The minimum absolute atomic E-state index is 0.151. The number of benzene rings is 1. The molecule has 14 heavy (non-hydrogen) atoms. The van der Waals surface area contributed by atoms with Crippen LogP contribution >= 0.6 is 0 Å². The molecule has 1 aromatic rings. The van der Waals surface area contributed by atoms with Gasteiger partial charge in [-0.3, -0.25) is 4.79 Å². The Morgan fingerprint density at radius 2 is 2.29 bits per heavy atom. The van der Waals surface area contributed by atoms with Crippen LogP contribution in [0.3, 0.4) is 0 Å². The molecule has 1 aromatic carbocycles. The van der Waals surface area contributed by atoms with Crippen LogP contribution in [0.1, 0.15) is 10.4 Å². The van der Waals surface area contributed by atoms with Gasteiger partial charge in [0.25, 0.3) is 5.91 Å². The smallest absolute Gasteiger partial charge is 0.255 e. The second kappa shape index (κ2) is 5.07. The van der Waals surface area contributed by atoms with Crippen LogP contribution in [0.25, 0.3) is 0 Å². The Balaban J connectivity index is 2.82. The zero-order chi connectivity index (χ0) is 10.4. The lowest BCUT2D eigenvalue weighted by Gasteiger charge is -2.07. The Hall–Kier alpha value is -1.77. The van der Waals surface area contributed by atoms with Gasteiger partial charge in [-0.25, -0.2) is 0 Å². The lowest BCUT2D eigenvalue weighted by Crippen LogP contribution is -2.23. The average Bonchev–Trinajstić information content (AvgIpc) is 2.25. The number of nitrogens with one attached hydrogen (secondary N) is 1. The predicted octanol–water partition coefficient (Wildman–Crippen LogP) is 1.61. The molecule has 0 heterocycles. The molecule has 0 aromatic heterocycles. The zero-order valence-electron chi connectivity index (χ0n) is 8.12. The quantitative estimate of drug-likeness (QED) is 0.734. The number of hydrogen-bond acceptors (Lipinski definition) is 2. The molecule has 0 aliphatic rings. The van der Waals surface area contributed by atoms with Crippen LogP contribution in [0.4, 0.5) is 0 Å². The Morgan fingerprint density at radius 1 is 1.57 bits per heavy atom. The molecule has 0 saturated heterocycles. The SMILES string of the molecule is C=CCNC(=O)c1ccccc1OC. The van der Waals surface area contributed by atoms with Crippen LogP contribution in [-0.2, 0) is 0 Å². The van der Waals surface area contributed by atoms with Crippen molar-refractivity contribution in [2.24, 2.45) is 0 Å². The van der Waals surface area contributed by atoms with E-state index in [9.17, 15) is 4.79 Å². The molecule has 0 radical (unpaired) electrons. The fourth-order valence-electron chi connectivity index (χ4n) is 1.09. The van der Waals surface area contributed by atoms with E-state index in [-0.39, 0.29) is 5.91 Å². The summed E-state index contributed by atoms with van der Waals surface area (Å²) in [6.45, 7) is 3.98. The maximum absolute atomic E-state index is 11.5. The molecule has 0 spiro atoms. The molecule has 0 atom stereocenters. The maximum atomic E-state index is 11.5. The summed E-state index contributed by atoms with van der Waals surface area (Å²) in [4.78, 5) is 11.5. The number of hydrogen-bond donors (Lipinski definition) is 1. The van der Waals surface area contributed by atoms with E-state index in [4.69, 9.17) is 4.74 Å². The van der Waals surface area contributed by atoms with E-state index in [0.717, 1.165) is 0 Å². The largest absolute Gasteiger partial charge is 0.496 e. The van der Waals surface area contributed by atoms with Crippen molar-refractivity contribution in [3.63, 3.8) is 0 Å². The minimum Gasteiger partial charge on any atom is -0.496 e. The van der Waals surface area contributed by atoms with Gasteiger partial charge in [-0.15, -0.1) is 6.58 Å². The van der Waals surface area contributed by atoms with Crippen LogP contribution in [0.2, 0.25) is 0 Å². The number of para-hydroxylation sites is 1. The Labute approximate surface area is 83.4 Å². The second-order valence-electron chi connectivity index (χ2n) is 2.70. The van der Waals surface area contributed by atoms with Crippen molar-refractivity contribution < 1.29 is 9.53 Å². The van der Waals surface area contributed by atoms with Gasteiger partial charge >= 0.3 is 0 Å². The molecular weight excluding hydrogens is 178 g/mol. The molecule has 0 aliphatic carbocycles. The van der Waals surface area contributed by atoms with E-state index in [1.165, 1.54) is 0 Å². The van der Waals surface area contributed by atoms with Gasteiger partial charge in [0.15, 0.2) is 0 Å². The van der Waals surface area contributed by atoms with Gasteiger partial charge in [-0.05, 0) is 12.1 Å². The van der Waals surface area contributed by atoms with Crippen molar-refractivity contribution in [1.82, 2.24) is 5.32 Å². The van der Waals surface area contributed by atoms with E-state index in [2.05, 4.69) is 11.9 Å². The number of carbonyl (C=O) groups excluding carboxylic acids is 1. The number of amides is 1. The van der Waals surface area contributed by atoms with Crippen molar-refractivity contribution in [2.45, 2.75) is 0 Å². The van der Waals surface area contributed by atoms with Gasteiger partial charge in [0, 0.05) is 6.54 Å². The molecule has 0 aliphatic heterocycles. The molecule has 0 bridgehead atoms. The fraction of sp³-hybridized carbons (Fsp3) is 0.182. The van der Waals surface area contributed by atoms with E-state index in [1.54, 1.807) is 31.4 Å². The van der Waals surface area contributed by atoms with Crippen molar-refractivity contribution in [1.29, 1.82) is 0 Å². The third-order valence-electron chi connectivity index (χ3n) is 1.76. The predicted molar refractivity (Wildman–Crippen MR) is 55.5 cm³/mol. The normalized spacial score (nSPS) is 9.21. The van der Waals surface area contributed by atoms with Gasteiger partial charge in [-0.1, -0.05) is 18.2 Å². The van der Waals surface area contributed by atoms with Crippen molar-refractivity contribution in [2.75, 3.05) is 13.7 Å². The first-order valence-corrected chi connectivity index (χ1v) is 4.31. The number of methoxy groups -OCH3 is 1. The second-order valence-corrected chi connectivity index (χ2v) is 2.70. The molecule has 3 nitrogen and oxygen atoms in total. The summed E-state index contributed by atoms with van der Waals surface area (Å²) in [6, 6.07) is 7.09. The first kappa shape index (κ1) is 10.3. The van der Waals surface area contributed by atoms with Gasteiger partial charge in [-0.2, -0.15) is 0 Å². The first-order valence-electron chi connectivity index (χ1n) is 4.31. The third kappa shape index (κ3) is 2.36. The highest BCUT2D eigenvalue weighted by Gasteiger charge is 2.09. The van der Waals surface area contributed by atoms with Gasteiger partial charge < -0.3 is 10.1 Å². The highest BCUT2D eigenvalue weighted by atomic mass is 16.5. The van der Waals surface area contributed by atoms with E-state index < -0.39 is 0 Å². The standard InChI is InChI=1S/C11H13NO2/c1-3-8-12-11(13)9-6-4-5-7-10(9)14-2/h3-7H,1,8H2,2H3,(H,12,13). The van der Waals surface area contributed by atoms with Crippen LogP contribution < -0.4 is 10.1 Å². The third-order valence-corrected chi connectivity index (χ3v) is 1.76. The van der Waals surface area contributed by atoms with E-state index in [0.29, 0.717) is 17.9 Å². The van der Waals surface area contributed by atoms with Gasteiger partial charge in [0.1, 0.15) is 5.75 Å². The monoisotopic (exact) mass is 191 g/mol. The molecule has 1 rings (SSSR count). The topological polar surface area (TPSA) is 38.3 Å². The molecule has 0 unspecified atom stereocenters. The first-order chi connectivity index (χ1) is 6.79. The van der Waals surface area contributed by atoms with E-state index in [1.807, 2.05) is 6.07 Å². The zero-order valence-corrected chi connectivity index (χ0v) is 8.12. The molecule has 1 N–H and O–H groups in total. The highest BCUT2D eigenvalue weighted by molar-refractivity contribution is 5.96. The summed E-state index contributed by atoms with van der Waals surface area (Å²) in [7, 11) is 1.54. The van der Waals surface area contributed by atoms with Gasteiger partial charge in [0.05, 0.1) is 12.7 Å². The lowest BCUT2D eigenvalue weighted by molar-refractivity contribution is 0.0955. The van der Waals surface area contributed by atoms with Crippen molar-refractivity contribution in [3.05, 3.63) is 42.5 Å².